The van der Waals surface area contributed by atoms with Crippen LogP contribution in [0.2, 0.25) is 0 Å². The van der Waals surface area contributed by atoms with Gasteiger partial charge in [-0.2, -0.15) is 0 Å². The fourth-order valence-electron chi connectivity index (χ4n) is 1.38. The molecule has 2 nitrogen and oxygen atoms in total. The molecule has 0 spiro atoms. The Morgan fingerprint density at radius 3 is 2.60 bits per heavy atom. The van der Waals surface area contributed by atoms with Gasteiger partial charge in [0.15, 0.2) is 0 Å². The molecule has 10 heavy (non-hydrogen) atoms. The van der Waals surface area contributed by atoms with E-state index in [0.717, 1.165) is 19.5 Å². The average molecular weight is 166 g/mol. The van der Waals surface area contributed by atoms with Crippen molar-refractivity contribution in [3.8, 4) is 0 Å². The molecule has 0 radical (unpaired) electrons. The van der Waals surface area contributed by atoms with Crippen molar-refractivity contribution in [1.82, 2.24) is 5.32 Å². The zero-order valence-electron chi connectivity index (χ0n) is 6.34. The van der Waals surface area contributed by atoms with E-state index in [4.69, 9.17) is 0 Å². The molecule has 0 aromatic carbocycles. The van der Waals surface area contributed by atoms with Gasteiger partial charge in [0, 0.05) is 13.1 Å². The van der Waals surface area contributed by atoms with Gasteiger partial charge in [-0.15, -0.1) is 12.4 Å². The summed E-state index contributed by atoms with van der Waals surface area (Å²) in [5, 5.41) is 12.4. The second kappa shape index (κ2) is 4.94. The van der Waals surface area contributed by atoms with Crippen molar-refractivity contribution in [1.29, 1.82) is 0 Å². The second-order valence-electron chi connectivity index (χ2n) is 2.77. The molecule has 1 fully saturated rings. The SMILES string of the molecule is CCC[C@H]1CNC[C@H]1O.Cl. The Labute approximate surface area is 68.4 Å². The molecule has 1 aliphatic rings. The van der Waals surface area contributed by atoms with Crippen LogP contribution in [0.4, 0.5) is 0 Å². The molecule has 0 aromatic heterocycles. The average Bonchev–Trinajstić information content (AvgIpc) is 2.18. The van der Waals surface area contributed by atoms with Gasteiger partial charge in [-0.3, -0.25) is 0 Å². The predicted octanol–water partition coefficient (Wildman–Crippen LogP) is 0.789. The van der Waals surface area contributed by atoms with Gasteiger partial charge in [-0.1, -0.05) is 13.3 Å². The molecular formula is C7H16ClNO. The van der Waals surface area contributed by atoms with E-state index in [-0.39, 0.29) is 18.5 Å². The summed E-state index contributed by atoms with van der Waals surface area (Å²) in [5.41, 5.74) is 0. The molecule has 0 aliphatic carbocycles. The fraction of sp³-hybridized carbons (Fsp3) is 1.00. The van der Waals surface area contributed by atoms with E-state index in [0.29, 0.717) is 5.92 Å². The lowest BCUT2D eigenvalue weighted by Gasteiger charge is -2.10. The van der Waals surface area contributed by atoms with Crippen LogP contribution in [0.1, 0.15) is 19.8 Å². The van der Waals surface area contributed by atoms with Crippen LogP contribution in [0.25, 0.3) is 0 Å². The monoisotopic (exact) mass is 165 g/mol. The molecule has 1 saturated heterocycles. The van der Waals surface area contributed by atoms with Crippen molar-refractivity contribution < 1.29 is 5.11 Å². The molecule has 0 unspecified atom stereocenters. The van der Waals surface area contributed by atoms with Crippen molar-refractivity contribution in [2.24, 2.45) is 5.92 Å². The zero-order valence-corrected chi connectivity index (χ0v) is 7.16. The van der Waals surface area contributed by atoms with Crippen LogP contribution in [-0.2, 0) is 0 Å². The Balaban J connectivity index is 0.000000810. The van der Waals surface area contributed by atoms with Gasteiger partial charge in [0.25, 0.3) is 0 Å². The highest BCUT2D eigenvalue weighted by Crippen LogP contribution is 2.14. The molecular weight excluding hydrogens is 150 g/mol. The van der Waals surface area contributed by atoms with E-state index >= 15 is 0 Å². The van der Waals surface area contributed by atoms with E-state index in [1.807, 2.05) is 0 Å². The zero-order chi connectivity index (χ0) is 6.69. The van der Waals surface area contributed by atoms with E-state index in [1.165, 1.54) is 6.42 Å². The summed E-state index contributed by atoms with van der Waals surface area (Å²) in [4.78, 5) is 0. The number of aliphatic hydroxyl groups is 1. The first-order valence-corrected chi connectivity index (χ1v) is 3.73. The number of hydrogen-bond acceptors (Lipinski definition) is 2. The van der Waals surface area contributed by atoms with Gasteiger partial charge in [-0.25, -0.2) is 0 Å². The topological polar surface area (TPSA) is 32.3 Å². The Bertz CT molecular complexity index is 89.7. The van der Waals surface area contributed by atoms with Crippen LogP contribution in [0.5, 0.6) is 0 Å². The van der Waals surface area contributed by atoms with Crippen molar-refractivity contribution in [3.05, 3.63) is 0 Å². The summed E-state index contributed by atoms with van der Waals surface area (Å²) in [5.74, 6) is 0.523. The molecule has 0 bridgehead atoms. The lowest BCUT2D eigenvalue weighted by Crippen LogP contribution is -2.17. The number of halogens is 1. The van der Waals surface area contributed by atoms with E-state index in [9.17, 15) is 5.11 Å². The van der Waals surface area contributed by atoms with Crippen LogP contribution in [0.15, 0.2) is 0 Å². The van der Waals surface area contributed by atoms with Crippen LogP contribution >= 0.6 is 12.4 Å². The molecule has 0 amide bonds. The Hall–Kier alpha value is 0.210. The minimum Gasteiger partial charge on any atom is -0.391 e. The normalized spacial score (nSPS) is 31.8. The molecule has 3 heteroatoms. The van der Waals surface area contributed by atoms with Crippen LogP contribution in [0, 0.1) is 5.92 Å². The van der Waals surface area contributed by atoms with E-state index in [1.54, 1.807) is 0 Å². The van der Waals surface area contributed by atoms with Crippen molar-refractivity contribution in [2.45, 2.75) is 25.9 Å². The van der Waals surface area contributed by atoms with E-state index < -0.39 is 0 Å². The molecule has 1 aliphatic heterocycles. The molecule has 2 atom stereocenters. The minimum atomic E-state index is -0.0788. The summed E-state index contributed by atoms with van der Waals surface area (Å²) in [7, 11) is 0. The Morgan fingerprint density at radius 1 is 1.50 bits per heavy atom. The largest absolute Gasteiger partial charge is 0.391 e. The smallest absolute Gasteiger partial charge is 0.0704 e. The van der Waals surface area contributed by atoms with Gasteiger partial charge < -0.3 is 10.4 Å². The van der Waals surface area contributed by atoms with Gasteiger partial charge >= 0.3 is 0 Å². The Kier molecular flexibility index (Phi) is 5.04. The third-order valence-electron chi connectivity index (χ3n) is 1.96. The molecule has 62 valence electrons. The lowest BCUT2D eigenvalue weighted by atomic mass is 10.0. The lowest BCUT2D eigenvalue weighted by molar-refractivity contribution is 0.142. The molecule has 0 aromatic rings. The summed E-state index contributed by atoms with van der Waals surface area (Å²) in [6, 6.07) is 0. The maximum absolute atomic E-state index is 9.26. The molecule has 1 heterocycles. The van der Waals surface area contributed by atoms with Gasteiger partial charge in [0.1, 0.15) is 0 Å². The highest BCUT2D eigenvalue weighted by Gasteiger charge is 2.23. The molecule has 2 N–H and O–H groups in total. The van der Waals surface area contributed by atoms with Crippen LogP contribution < -0.4 is 5.32 Å². The maximum Gasteiger partial charge on any atom is 0.0704 e. The first-order valence-electron chi connectivity index (χ1n) is 3.73. The third kappa shape index (κ3) is 2.45. The van der Waals surface area contributed by atoms with Crippen molar-refractivity contribution in [2.75, 3.05) is 13.1 Å². The van der Waals surface area contributed by atoms with Crippen LogP contribution in [-0.4, -0.2) is 24.3 Å². The maximum atomic E-state index is 9.26. The fourth-order valence-corrected chi connectivity index (χ4v) is 1.38. The molecule has 0 saturated carbocycles. The van der Waals surface area contributed by atoms with Gasteiger partial charge in [0.05, 0.1) is 6.10 Å². The quantitative estimate of drug-likeness (QED) is 0.634. The number of β-amino-alcohol motifs (C(OH)–C–C–N with tert-alkyl or cyclic N) is 1. The third-order valence-corrected chi connectivity index (χ3v) is 1.96. The number of hydrogen-bond donors (Lipinski definition) is 2. The summed E-state index contributed by atoms with van der Waals surface area (Å²) >= 11 is 0. The highest BCUT2D eigenvalue weighted by atomic mass is 35.5. The number of nitrogens with one attached hydrogen (secondary N) is 1. The minimum absolute atomic E-state index is 0. The summed E-state index contributed by atoms with van der Waals surface area (Å²) in [6.45, 7) is 3.96. The van der Waals surface area contributed by atoms with E-state index in [2.05, 4.69) is 12.2 Å². The summed E-state index contributed by atoms with van der Waals surface area (Å²) < 4.78 is 0. The van der Waals surface area contributed by atoms with Crippen LogP contribution in [0.3, 0.4) is 0 Å². The first-order chi connectivity index (χ1) is 4.34. The van der Waals surface area contributed by atoms with Gasteiger partial charge in [-0.05, 0) is 12.3 Å². The standard InChI is InChI=1S/C7H15NO.ClH/c1-2-3-6-4-8-5-7(6)9;/h6-9H,2-5H2,1H3;1H/t6-,7+;/m0./s1. The predicted molar refractivity (Wildman–Crippen MR) is 44.5 cm³/mol. The van der Waals surface area contributed by atoms with Crippen molar-refractivity contribution >= 4 is 12.4 Å². The molecule has 1 rings (SSSR count). The highest BCUT2D eigenvalue weighted by molar-refractivity contribution is 5.85. The first kappa shape index (κ1) is 10.2. The Morgan fingerprint density at radius 2 is 2.20 bits per heavy atom. The number of aliphatic hydroxyl groups excluding tert-OH is 1. The van der Waals surface area contributed by atoms with Crippen molar-refractivity contribution in [3.63, 3.8) is 0 Å². The summed E-state index contributed by atoms with van der Waals surface area (Å²) in [6.07, 6.45) is 2.27. The van der Waals surface area contributed by atoms with Gasteiger partial charge in [0.2, 0.25) is 0 Å². The number of rotatable bonds is 2. The second-order valence-corrected chi connectivity index (χ2v) is 2.77.